The van der Waals surface area contributed by atoms with Crippen LogP contribution in [0.2, 0.25) is 0 Å². The lowest BCUT2D eigenvalue weighted by atomic mass is 9.59. The number of rotatable bonds is 2. The van der Waals surface area contributed by atoms with Crippen molar-refractivity contribution in [2.45, 2.75) is 125 Å². The number of carbonyl (C=O) groups excluding carboxylic acids is 4. The van der Waals surface area contributed by atoms with E-state index in [1.807, 2.05) is 34.6 Å². The monoisotopic (exact) mass is 710 g/mol. The van der Waals surface area contributed by atoms with E-state index in [1.165, 1.54) is 0 Å². The molecule has 270 valence electrons. The van der Waals surface area contributed by atoms with Crippen molar-refractivity contribution in [1.29, 1.82) is 0 Å². The average molecular weight is 711 g/mol. The summed E-state index contributed by atoms with van der Waals surface area (Å²) >= 11 is 1.54. The number of esters is 2. The first-order chi connectivity index (χ1) is 23.6. The van der Waals surface area contributed by atoms with Crippen molar-refractivity contribution in [3.05, 3.63) is 22.7 Å². The third kappa shape index (κ3) is 3.15. The molecule has 11 nitrogen and oxygen atoms in total. The predicted octanol–water partition coefficient (Wildman–Crippen LogP) is 3.76. The number of thioether (sulfide) groups is 1. The highest BCUT2D eigenvalue weighted by Gasteiger charge is 2.89. The van der Waals surface area contributed by atoms with Gasteiger partial charge in [0.25, 0.3) is 0 Å². The first kappa shape index (κ1) is 32.3. The van der Waals surface area contributed by atoms with E-state index >= 15 is 0 Å². The molecule has 6 aliphatic heterocycles. The van der Waals surface area contributed by atoms with Crippen molar-refractivity contribution in [3.8, 4) is 0 Å². The van der Waals surface area contributed by atoms with Crippen molar-refractivity contribution >= 4 is 35.3 Å². The second-order valence-electron chi connectivity index (χ2n) is 17.9. The number of ether oxygens (including phenoxy) is 4. The van der Waals surface area contributed by atoms with Crippen LogP contribution in [0.4, 0.5) is 0 Å². The molecule has 6 heterocycles. The number of fused-ring (bicyclic) bond motifs is 2. The number of allylic oxidation sites excluding steroid dienone is 2. The van der Waals surface area contributed by atoms with Crippen LogP contribution in [0.15, 0.2) is 22.7 Å². The molecule has 19 atom stereocenters. The Hall–Kier alpha value is -2.41. The second-order valence-corrected chi connectivity index (χ2v) is 19.3. The Labute approximate surface area is 294 Å². The van der Waals surface area contributed by atoms with Gasteiger partial charge in [0.05, 0.1) is 30.1 Å². The Kier molecular flexibility index (Phi) is 6.17. The molecule has 50 heavy (non-hydrogen) atoms. The van der Waals surface area contributed by atoms with Crippen LogP contribution in [-0.4, -0.2) is 90.0 Å². The molecule has 8 bridgehead atoms. The molecule has 6 aliphatic carbocycles. The molecule has 12 rings (SSSR count). The van der Waals surface area contributed by atoms with Crippen molar-refractivity contribution in [2.24, 2.45) is 59.2 Å². The second kappa shape index (κ2) is 9.57. The zero-order valence-electron chi connectivity index (χ0n) is 29.2. The van der Waals surface area contributed by atoms with Crippen LogP contribution in [0.1, 0.15) is 73.6 Å². The lowest BCUT2D eigenvalue weighted by Gasteiger charge is -2.60. The fourth-order valence-corrected chi connectivity index (χ4v) is 16.1. The Morgan fingerprint density at radius 2 is 1.20 bits per heavy atom. The highest BCUT2D eigenvalue weighted by molar-refractivity contribution is 8.00. The molecular formula is C38H46O11S. The first-order valence-corrected chi connectivity index (χ1v) is 19.6. The molecule has 3 N–H and O–H groups in total. The average Bonchev–Trinajstić information content (AvgIpc) is 3.57. The Morgan fingerprint density at radius 3 is 1.86 bits per heavy atom. The number of aliphatic hydroxyl groups is 3. The van der Waals surface area contributed by atoms with Gasteiger partial charge in [0, 0.05) is 46.0 Å². The molecule has 0 aromatic rings. The fraction of sp³-hybridized carbons (Fsp3) is 0.789. The summed E-state index contributed by atoms with van der Waals surface area (Å²) in [4.78, 5) is 56.9. The van der Waals surface area contributed by atoms with Crippen LogP contribution < -0.4 is 0 Å². The van der Waals surface area contributed by atoms with Gasteiger partial charge in [-0.2, -0.15) is 11.8 Å². The number of carbonyl (C=O) groups is 4. The Morgan fingerprint density at radius 1 is 0.660 bits per heavy atom. The summed E-state index contributed by atoms with van der Waals surface area (Å²) in [5, 5.41) is 34.5. The molecule has 2 unspecified atom stereocenters. The summed E-state index contributed by atoms with van der Waals surface area (Å²) in [6, 6.07) is 0. The van der Waals surface area contributed by atoms with E-state index in [1.54, 1.807) is 11.8 Å². The Bertz CT molecular complexity index is 1750. The van der Waals surface area contributed by atoms with Crippen molar-refractivity contribution in [2.75, 3.05) is 0 Å². The van der Waals surface area contributed by atoms with Crippen LogP contribution >= 0.6 is 11.8 Å². The van der Waals surface area contributed by atoms with Gasteiger partial charge in [0.2, 0.25) is 0 Å². The molecule has 6 saturated heterocycles. The molecule has 10 fully saturated rings. The zero-order chi connectivity index (χ0) is 35.4. The molecule has 0 aromatic carbocycles. The lowest BCUT2D eigenvalue weighted by Crippen LogP contribution is -2.72. The SMILES string of the molecule is C[C@@H]1C[C@H](C)C(=O)[C@H]2CC3[C@H](S[C@@H]4C5[C@H](O)[C@H]6O[C@]78/C(=C(/O)[C@H](C)C[C@H](C)C(=O)[C@@H]47)C(=O)O[C@]58C[C@H]6C)[C@H]4O[C@]25/C(=C\1O)C(=O)O[C@]35C[C@H]4C. The standard InChI is InChI=1S/C38H46O11S/c1-12-7-14(3)26(41)22-33(44)48-35-10-17(6)30-31(19(35)9-18(24(12)39)37(22,35)47-30)50-32-20-28(43)29-16(5)11-36(20)38(46-29)21(32)25(40)13(2)8-15(4)27(42)23(38)34(45)49-36/h12-21,28-32,41-43H,7-11H2,1-6H3/b26-22+,27-23+/t12-,13-,14+,15+,16+,17+,18+,19?,20?,21-,28-,29-,30-,31-,32+,35+,36+,37-,38-/m0/s1. The summed E-state index contributed by atoms with van der Waals surface area (Å²) in [6.07, 6.45) is -0.118. The van der Waals surface area contributed by atoms with Crippen LogP contribution in [0.3, 0.4) is 0 Å². The first-order valence-electron chi connectivity index (χ1n) is 18.7. The van der Waals surface area contributed by atoms with E-state index in [0.29, 0.717) is 32.1 Å². The maximum absolute atomic E-state index is 14.9. The van der Waals surface area contributed by atoms with Gasteiger partial charge in [-0.05, 0) is 43.9 Å². The maximum atomic E-state index is 14.9. The minimum atomic E-state index is -1.55. The van der Waals surface area contributed by atoms with Gasteiger partial charge in [0.1, 0.15) is 34.2 Å². The number of aliphatic hydroxyl groups excluding tert-OH is 3. The van der Waals surface area contributed by atoms with E-state index in [-0.39, 0.29) is 63.2 Å². The van der Waals surface area contributed by atoms with E-state index in [4.69, 9.17) is 18.9 Å². The third-order valence-corrected chi connectivity index (χ3v) is 17.2. The Balaban J connectivity index is 1.14. The zero-order valence-corrected chi connectivity index (χ0v) is 30.0. The summed E-state index contributed by atoms with van der Waals surface area (Å²) in [7, 11) is 0. The van der Waals surface area contributed by atoms with Crippen LogP contribution in [0.5, 0.6) is 0 Å². The topological polar surface area (TPSA) is 166 Å². The highest BCUT2D eigenvalue weighted by Crippen LogP contribution is 2.76. The summed E-state index contributed by atoms with van der Waals surface area (Å²) in [6.45, 7) is 11.4. The summed E-state index contributed by atoms with van der Waals surface area (Å²) in [5.74, 6) is -6.06. The number of Topliss-reactive ketones (excluding diaryl/α,β-unsaturated/α-hetero) is 2. The number of ketones is 2. The normalized spacial score (nSPS) is 61.3. The molecule has 0 amide bonds. The van der Waals surface area contributed by atoms with Crippen LogP contribution in [0.25, 0.3) is 0 Å². The van der Waals surface area contributed by atoms with E-state index in [9.17, 15) is 34.5 Å². The van der Waals surface area contributed by atoms with Crippen molar-refractivity contribution in [1.82, 2.24) is 0 Å². The van der Waals surface area contributed by atoms with Gasteiger partial charge in [-0.1, -0.05) is 41.5 Å². The molecule has 0 aromatic heterocycles. The minimum Gasteiger partial charge on any atom is -0.511 e. The largest absolute Gasteiger partial charge is 0.511 e. The summed E-state index contributed by atoms with van der Waals surface area (Å²) < 4.78 is 26.8. The molecule has 12 heteroatoms. The molecule has 4 saturated carbocycles. The quantitative estimate of drug-likeness (QED) is 0.356. The summed E-state index contributed by atoms with van der Waals surface area (Å²) in [5.41, 5.74) is -5.33. The van der Waals surface area contributed by atoms with Gasteiger partial charge in [-0.3, -0.25) is 9.59 Å². The van der Waals surface area contributed by atoms with Gasteiger partial charge in [0.15, 0.2) is 22.4 Å². The maximum Gasteiger partial charge on any atom is 0.341 e. The molecule has 4 spiro atoms. The molecular weight excluding hydrogens is 664 g/mol. The third-order valence-electron chi connectivity index (χ3n) is 15.4. The van der Waals surface area contributed by atoms with Crippen molar-refractivity contribution < 1.29 is 53.4 Å². The van der Waals surface area contributed by atoms with Crippen molar-refractivity contribution in [3.63, 3.8) is 0 Å². The highest BCUT2D eigenvalue weighted by atomic mass is 32.2. The van der Waals surface area contributed by atoms with Gasteiger partial charge < -0.3 is 34.3 Å². The minimum absolute atomic E-state index is 0.0143. The van der Waals surface area contributed by atoms with E-state index in [0.717, 1.165) is 0 Å². The van der Waals surface area contributed by atoms with Gasteiger partial charge in [-0.25, -0.2) is 9.59 Å². The smallest absolute Gasteiger partial charge is 0.341 e. The number of hydrogen-bond acceptors (Lipinski definition) is 12. The lowest BCUT2D eigenvalue weighted by molar-refractivity contribution is -0.300. The molecule has 0 radical (unpaired) electrons. The van der Waals surface area contributed by atoms with E-state index < -0.39 is 93.4 Å². The molecule has 12 aliphatic rings. The number of hydrogen-bond donors (Lipinski definition) is 3. The van der Waals surface area contributed by atoms with Gasteiger partial charge >= 0.3 is 11.9 Å². The van der Waals surface area contributed by atoms with Crippen LogP contribution in [0, 0.1) is 59.2 Å². The van der Waals surface area contributed by atoms with Crippen LogP contribution in [-0.2, 0) is 38.1 Å². The fourth-order valence-electron chi connectivity index (χ4n) is 13.7. The predicted molar refractivity (Wildman–Crippen MR) is 175 cm³/mol. The van der Waals surface area contributed by atoms with Gasteiger partial charge in [-0.15, -0.1) is 0 Å². The van der Waals surface area contributed by atoms with E-state index in [2.05, 4.69) is 6.92 Å².